The van der Waals surface area contributed by atoms with Gasteiger partial charge < -0.3 is 14.6 Å². The van der Waals surface area contributed by atoms with E-state index in [1.54, 1.807) is 18.9 Å². The van der Waals surface area contributed by atoms with Gasteiger partial charge in [0.2, 0.25) is 17.6 Å². The van der Waals surface area contributed by atoms with Crippen molar-refractivity contribution in [3.63, 3.8) is 0 Å². The number of carbonyl (C=O) groups excluding carboxylic acids is 1. The molecule has 2 aromatic carbocycles. The number of piperidine rings is 1. The second-order valence-corrected chi connectivity index (χ2v) is 9.04. The normalized spacial score (nSPS) is 16.6. The number of aromatic nitrogens is 2. The van der Waals surface area contributed by atoms with Gasteiger partial charge in [-0.15, -0.1) is 11.8 Å². The quantitative estimate of drug-likeness (QED) is 0.496. The molecule has 7 nitrogen and oxygen atoms in total. The minimum atomic E-state index is -0.0626. The molecule has 0 saturated carbocycles. The molecule has 1 fully saturated rings. The number of thioether (sulfide) groups is 1. The lowest BCUT2D eigenvalue weighted by molar-refractivity contribution is -0.121. The van der Waals surface area contributed by atoms with E-state index in [1.807, 2.05) is 48.5 Å². The fraction of sp³-hybridized carbons (Fsp3) is 0.375. The molecule has 1 aromatic heterocycles. The Balaban J connectivity index is 1.36. The first-order valence-electron chi connectivity index (χ1n) is 10.9. The molecule has 32 heavy (non-hydrogen) atoms. The van der Waals surface area contributed by atoms with E-state index in [4.69, 9.17) is 9.26 Å². The minimum Gasteiger partial charge on any atom is -0.497 e. The third kappa shape index (κ3) is 5.49. The molecule has 0 radical (unpaired) electrons. The van der Waals surface area contributed by atoms with Crippen molar-refractivity contribution in [3.05, 3.63) is 54.4 Å². The first-order chi connectivity index (χ1) is 15.7. The SMILES string of the molecule is CCSc1ccccc1NC(=O)C1CCCN(Cc2nc(-c3ccc(OC)cc3)no2)C1. The summed E-state index contributed by atoms with van der Waals surface area (Å²) in [6, 6.07) is 15.5. The summed E-state index contributed by atoms with van der Waals surface area (Å²) in [7, 11) is 1.64. The molecular weight excluding hydrogens is 424 g/mol. The average Bonchev–Trinajstić information content (AvgIpc) is 3.29. The molecule has 1 aliphatic rings. The number of hydrogen-bond donors (Lipinski definition) is 1. The van der Waals surface area contributed by atoms with Gasteiger partial charge in [0, 0.05) is 17.0 Å². The summed E-state index contributed by atoms with van der Waals surface area (Å²) >= 11 is 1.74. The van der Waals surface area contributed by atoms with Gasteiger partial charge >= 0.3 is 0 Å². The number of rotatable bonds is 8. The topological polar surface area (TPSA) is 80.5 Å². The van der Waals surface area contributed by atoms with Crippen LogP contribution in [0.3, 0.4) is 0 Å². The van der Waals surface area contributed by atoms with Crippen LogP contribution in [0, 0.1) is 5.92 Å². The molecule has 4 rings (SSSR count). The Morgan fingerprint density at radius 2 is 2.06 bits per heavy atom. The van der Waals surface area contributed by atoms with E-state index in [9.17, 15) is 4.79 Å². The zero-order valence-electron chi connectivity index (χ0n) is 18.4. The van der Waals surface area contributed by atoms with Gasteiger partial charge in [-0.25, -0.2) is 0 Å². The summed E-state index contributed by atoms with van der Waals surface area (Å²) in [5, 5.41) is 7.25. The summed E-state index contributed by atoms with van der Waals surface area (Å²) in [6.07, 6.45) is 1.84. The van der Waals surface area contributed by atoms with Gasteiger partial charge in [-0.1, -0.05) is 24.2 Å². The van der Waals surface area contributed by atoms with Gasteiger partial charge in [-0.2, -0.15) is 4.98 Å². The van der Waals surface area contributed by atoms with Crippen LogP contribution in [0.2, 0.25) is 0 Å². The zero-order valence-corrected chi connectivity index (χ0v) is 19.2. The molecule has 1 amide bonds. The molecule has 2 heterocycles. The lowest BCUT2D eigenvalue weighted by atomic mass is 9.97. The highest BCUT2D eigenvalue weighted by Crippen LogP contribution is 2.28. The Labute approximate surface area is 192 Å². The predicted octanol–water partition coefficient (Wildman–Crippen LogP) is 4.71. The highest BCUT2D eigenvalue weighted by atomic mass is 32.2. The minimum absolute atomic E-state index is 0.0626. The summed E-state index contributed by atoms with van der Waals surface area (Å²) in [5.41, 5.74) is 1.77. The fourth-order valence-electron chi connectivity index (χ4n) is 3.87. The summed E-state index contributed by atoms with van der Waals surface area (Å²) in [4.78, 5) is 20.8. The smallest absolute Gasteiger partial charge is 0.241 e. The number of carbonyl (C=O) groups is 1. The molecule has 1 saturated heterocycles. The molecule has 8 heteroatoms. The second kappa shape index (κ2) is 10.7. The summed E-state index contributed by atoms with van der Waals surface area (Å²) < 4.78 is 10.7. The van der Waals surface area contributed by atoms with Crippen molar-refractivity contribution in [3.8, 4) is 17.1 Å². The number of benzene rings is 2. The second-order valence-electron chi connectivity index (χ2n) is 7.73. The van der Waals surface area contributed by atoms with Crippen LogP contribution in [0.5, 0.6) is 5.75 Å². The molecule has 1 unspecified atom stereocenters. The lowest BCUT2D eigenvalue weighted by Gasteiger charge is -2.31. The lowest BCUT2D eigenvalue weighted by Crippen LogP contribution is -2.40. The van der Waals surface area contributed by atoms with Crippen LogP contribution in [0.1, 0.15) is 25.7 Å². The van der Waals surface area contributed by atoms with Crippen molar-refractivity contribution in [2.24, 2.45) is 5.92 Å². The molecule has 0 aliphatic carbocycles. The predicted molar refractivity (Wildman–Crippen MR) is 126 cm³/mol. The third-order valence-electron chi connectivity index (χ3n) is 5.50. The van der Waals surface area contributed by atoms with Crippen LogP contribution >= 0.6 is 11.8 Å². The molecule has 3 aromatic rings. The largest absolute Gasteiger partial charge is 0.497 e. The first-order valence-corrected chi connectivity index (χ1v) is 11.9. The Kier molecular flexibility index (Phi) is 7.44. The van der Waals surface area contributed by atoms with Crippen LogP contribution in [0.4, 0.5) is 5.69 Å². The van der Waals surface area contributed by atoms with Crippen LogP contribution in [0.25, 0.3) is 11.4 Å². The molecule has 0 spiro atoms. The Bertz CT molecular complexity index is 1040. The van der Waals surface area contributed by atoms with Crippen LogP contribution in [0.15, 0.2) is 57.9 Å². The maximum Gasteiger partial charge on any atom is 0.241 e. The van der Waals surface area contributed by atoms with Crippen LogP contribution < -0.4 is 10.1 Å². The maximum absolute atomic E-state index is 13.0. The monoisotopic (exact) mass is 452 g/mol. The Morgan fingerprint density at radius 1 is 1.25 bits per heavy atom. The molecule has 0 bridgehead atoms. The zero-order chi connectivity index (χ0) is 22.3. The maximum atomic E-state index is 13.0. The van der Waals surface area contributed by atoms with E-state index in [-0.39, 0.29) is 11.8 Å². The summed E-state index contributed by atoms with van der Waals surface area (Å²) in [6.45, 7) is 4.23. The van der Waals surface area contributed by atoms with E-state index in [0.29, 0.717) is 24.8 Å². The van der Waals surface area contributed by atoms with E-state index in [2.05, 4.69) is 27.3 Å². The van der Waals surface area contributed by atoms with Crippen molar-refractivity contribution in [1.82, 2.24) is 15.0 Å². The molecule has 1 atom stereocenters. The number of nitrogens with one attached hydrogen (secondary N) is 1. The van der Waals surface area contributed by atoms with Crippen molar-refractivity contribution in [1.29, 1.82) is 0 Å². The van der Waals surface area contributed by atoms with Gasteiger partial charge in [0.15, 0.2) is 0 Å². The number of hydrogen-bond acceptors (Lipinski definition) is 7. The van der Waals surface area contributed by atoms with Crippen molar-refractivity contribution in [2.75, 3.05) is 31.3 Å². The van der Waals surface area contributed by atoms with Crippen molar-refractivity contribution < 1.29 is 14.1 Å². The number of anilines is 1. The Morgan fingerprint density at radius 3 is 2.84 bits per heavy atom. The van der Waals surface area contributed by atoms with E-state index >= 15 is 0 Å². The first kappa shape index (κ1) is 22.4. The average molecular weight is 453 g/mol. The Hall–Kier alpha value is -2.84. The van der Waals surface area contributed by atoms with E-state index in [1.165, 1.54) is 0 Å². The molecule has 168 valence electrons. The van der Waals surface area contributed by atoms with Gasteiger partial charge in [-0.05, 0) is 61.5 Å². The van der Waals surface area contributed by atoms with Gasteiger partial charge in [0.1, 0.15) is 5.75 Å². The highest BCUT2D eigenvalue weighted by Gasteiger charge is 2.27. The van der Waals surface area contributed by atoms with E-state index in [0.717, 1.165) is 47.0 Å². The number of amides is 1. The van der Waals surface area contributed by atoms with Gasteiger partial charge in [0.05, 0.1) is 25.3 Å². The van der Waals surface area contributed by atoms with E-state index < -0.39 is 0 Å². The van der Waals surface area contributed by atoms with Gasteiger partial charge in [-0.3, -0.25) is 9.69 Å². The number of nitrogens with zero attached hydrogens (tertiary/aromatic N) is 3. The fourth-order valence-corrected chi connectivity index (χ4v) is 4.63. The molecular formula is C24H28N4O3S. The summed E-state index contributed by atoms with van der Waals surface area (Å²) in [5.74, 6) is 2.87. The van der Waals surface area contributed by atoms with Gasteiger partial charge in [0.25, 0.3) is 0 Å². The third-order valence-corrected chi connectivity index (χ3v) is 6.45. The van der Waals surface area contributed by atoms with Crippen LogP contribution in [-0.2, 0) is 11.3 Å². The van der Waals surface area contributed by atoms with Crippen LogP contribution in [-0.4, -0.2) is 46.9 Å². The number of methoxy groups -OCH3 is 1. The number of para-hydroxylation sites is 1. The molecule has 1 aliphatic heterocycles. The number of likely N-dealkylation sites (tertiary alicyclic amines) is 1. The standard InChI is InChI=1S/C24H28N4O3S/c1-3-32-21-9-5-4-8-20(21)25-24(29)18-7-6-14-28(15-18)16-22-26-23(27-31-22)17-10-12-19(30-2)13-11-17/h4-5,8-13,18H,3,6-7,14-16H2,1-2H3,(H,25,29). The molecule has 1 N–H and O–H groups in total. The number of ether oxygens (including phenoxy) is 1. The van der Waals surface area contributed by atoms with Crippen molar-refractivity contribution >= 4 is 23.4 Å². The van der Waals surface area contributed by atoms with Crippen molar-refractivity contribution in [2.45, 2.75) is 31.2 Å². The highest BCUT2D eigenvalue weighted by molar-refractivity contribution is 7.99.